The molecule has 0 fully saturated rings. The van der Waals surface area contributed by atoms with E-state index < -0.39 is 0 Å². The predicted octanol–water partition coefficient (Wildman–Crippen LogP) is 4.39. The van der Waals surface area contributed by atoms with E-state index in [1.54, 1.807) is 29.5 Å². The van der Waals surface area contributed by atoms with Gasteiger partial charge in [0.1, 0.15) is 5.82 Å². The zero-order valence-corrected chi connectivity index (χ0v) is 15.6. The van der Waals surface area contributed by atoms with Crippen molar-refractivity contribution in [3.63, 3.8) is 0 Å². The average molecular weight is 360 g/mol. The van der Waals surface area contributed by atoms with Gasteiger partial charge in [-0.2, -0.15) is 0 Å². The molecule has 0 bridgehead atoms. The number of amides is 1. The number of nitrogens with zero attached hydrogens (tertiary/aromatic N) is 1. The van der Waals surface area contributed by atoms with Crippen LogP contribution in [0.5, 0.6) is 0 Å². The van der Waals surface area contributed by atoms with Gasteiger partial charge >= 0.3 is 0 Å². The number of hydrogen-bond acceptors (Lipinski definition) is 3. The molecule has 0 aliphatic carbocycles. The van der Waals surface area contributed by atoms with Crippen LogP contribution in [0.2, 0.25) is 0 Å². The molecule has 1 aromatic heterocycles. The molecule has 2 aromatic rings. The van der Waals surface area contributed by atoms with E-state index in [1.165, 1.54) is 17.0 Å². The first-order valence-electron chi connectivity index (χ1n) is 8.40. The Labute approximate surface area is 153 Å². The Hall–Kier alpha value is -1.98. The summed E-state index contributed by atoms with van der Waals surface area (Å²) in [5, 5.41) is 5.12. The lowest BCUT2D eigenvalue weighted by Gasteiger charge is -2.25. The second-order valence-corrected chi connectivity index (χ2v) is 7.41. The molecule has 0 radical (unpaired) electrons. The zero-order valence-electron chi connectivity index (χ0n) is 14.7. The van der Waals surface area contributed by atoms with E-state index in [4.69, 9.17) is 0 Å². The smallest absolute Gasteiger partial charge is 0.234 e. The Morgan fingerprint density at radius 3 is 2.60 bits per heavy atom. The molecule has 0 spiro atoms. The van der Waals surface area contributed by atoms with Gasteiger partial charge in [0.05, 0.1) is 12.6 Å². The quantitative estimate of drug-likeness (QED) is 0.673. The van der Waals surface area contributed by atoms with E-state index in [-0.39, 0.29) is 23.7 Å². The lowest BCUT2D eigenvalue weighted by Crippen LogP contribution is -2.40. The highest BCUT2D eigenvalue weighted by Gasteiger charge is 2.20. The molecule has 25 heavy (non-hydrogen) atoms. The second-order valence-electron chi connectivity index (χ2n) is 6.38. The van der Waals surface area contributed by atoms with E-state index in [9.17, 15) is 9.18 Å². The SMILES string of the molecule is C=CCN(CC(=O)NC(c1ccc(F)cc1)C(C)C)Cc1cccs1. The van der Waals surface area contributed by atoms with Crippen LogP contribution in [0.3, 0.4) is 0 Å². The normalized spacial score (nSPS) is 12.4. The van der Waals surface area contributed by atoms with Gasteiger partial charge in [0.25, 0.3) is 0 Å². The molecule has 0 aliphatic heterocycles. The molecule has 0 saturated carbocycles. The van der Waals surface area contributed by atoms with E-state index in [0.717, 1.165) is 12.1 Å². The van der Waals surface area contributed by atoms with Crippen molar-refractivity contribution < 1.29 is 9.18 Å². The predicted molar refractivity (Wildman–Crippen MR) is 102 cm³/mol. The molecule has 1 N–H and O–H groups in total. The number of carbonyl (C=O) groups excluding carboxylic acids is 1. The van der Waals surface area contributed by atoms with Gasteiger partial charge in [-0.05, 0) is 35.1 Å². The molecular weight excluding hydrogens is 335 g/mol. The molecule has 134 valence electrons. The summed E-state index contributed by atoms with van der Waals surface area (Å²) in [7, 11) is 0. The van der Waals surface area contributed by atoms with E-state index >= 15 is 0 Å². The standard InChI is InChI=1S/C20H25FN2OS/c1-4-11-23(13-18-6-5-12-25-18)14-19(24)22-20(15(2)3)16-7-9-17(21)10-8-16/h4-10,12,15,20H,1,11,13-14H2,2-3H3,(H,22,24). The Morgan fingerprint density at radius 1 is 1.32 bits per heavy atom. The van der Waals surface area contributed by atoms with Crippen LogP contribution in [0.15, 0.2) is 54.4 Å². The Balaban J connectivity index is 2.01. The molecule has 1 heterocycles. The monoisotopic (exact) mass is 360 g/mol. The van der Waals surface area contributed by atoms with E-state index in [2.05, 4.69) is 22.9 Å². The van der Waals surface area contributed by atoms with Crippen LogP contribution in [0, 0.1) is 11.7 Å². The third-order valence-electron chi connectivity index (χ3n) is 3.93. The summed E-state index contributed by atoms with van der Waals surface area (Å²) in [6.45, 7) is 9.53. The molecule has 1 unspecified atom stereocenters. The molecule has 1 aromatic carbocycles. The molecule has 0 aliphatic rings. The first kappa shape index (κ1) is 19.3. The van der Waals surface area contributed by atoms with Gasteiger partial charge in [-0.3, -0.25) is 9.69 Å². The number of nitrogens with one attached hydrogen (secondary N) is 1. The minimum Gasteiger partial charge on any atom is -0.348 e. The van der Waals surface area contributed by atoms with Gasteiger partial charge in [-0.25, -0.2) is 4.39 Å². The van der Waals surface area contributed by atoms with Crippen molar-refractivity contribution in [2.24, 2.45) is 5.92 Å². The zero-order chi connectivity index (χ0) is 18.2. The topological polar surface area (TPSA) is 32.3 Å². The summed E-state index contributed by atoms with van der Waals surface area (Å²) in [6.07, 6.45) is 1.81. The van der Waals surface area contributed by atoms with Crippen LogP contribution in [-0.4, -0.2) is 23.9 Å². The first-order valence-corrected chi connectivity index (χ1v) is 9.28. The molecular formula is C20H25FN2OS. The van der Waals surface area contributed by atoms with Crippen LogP contribution < -0.4 is 5.32 Å². The van der Waals surface area contributed by atoms with E-state index in [1.807, 2.05) is 25.3 Å². The van der Waals surface area contributed by atoms with Crippen LogP contribution >= 0.6 is 11.3 Å². The fourth-order valence-electron chi connectivity index (χ4n) is 2.72. The number of hydrogen-bond donors (Lipinski definition) is 1. The average Bonchev–Trinajstić information content (AvgIpc) is 3.06. The molecule has 3 nitrogen and oxygen atoms in total. The summed E-state index contributed by atoms with van der Waals surface area (Å²) in [6, 6.07) is 10.3. The highest BCUT2D eigenvalue weighted by molar-refractivity contribution is 7.09. The summed E-state index contributed by atoms with van der Waals surface area (Å²) in [5.74, 6) is -0.105. The van der Waals surface area contributed by atoms with Gasteiger partial charge in [0.2, 0.25) is 5.91 Å². The van der Waals surface area contributed by atoms with Gasteiger partial charge in [-0.15, -0.1) is 17.9 Å². The minimum atomic E-state index is -0.273. The molecule has 5 heteroatoms. The molecule has 1 atom stereocenters. The number of thiophene rings is 1. The highest BCUT2D eigenvalue weighted by Crippen LogP contribution is 2.22. The van der Waals surface area contributed by atoms with Gasteiger partial charge in [-0.1, -0.05) is 38.1 Å². The Bertz CT molecular complexity index is 668. The Morgan fingerprint density at radius 2 is 2.04 bits per heavy atom. The van der Waals surface area contributed by atoms with Gasteiger partial charge < -0.3 is 5.32 Å². The van der Waals surface area contributed by atoms with Crippen LogP contribution in [0.25, 0.3) is 0 Å². The van der Waals surface area contributed by atoms with Crippen molar-refractivity contribution >= 4 is 17.2 Å². The summed E-state index contributed by atoms with van der Waals surface area (Å²) in [5.41, 5.74) is 0.915. The van der Waals surface area contributed by atoms with Crippen molar-refractivity contribution in [1.82, 2.24) is 10.2 Å². The largest absolute Gasteiger partial charge is 0.348 e. The Kier molecular flexibility index (Phi) is 7.34. The van der Waals surface area contributed by atoms with Crippen LogP contribution in [0.4, 0.5) is 4.39 Å². The van der Waals surface area contributed by atoms with E-state index in [0.29, 0.717) is 13.1 Å². The molecule has 0 saturated heterocycles. The van der Waals surface area contributed by atoms with Crippen molar-refractivity contribution in [2.45, 2.75) is 26.4 Å². The number of halogens is 1. The third kappa shape index (κ3) is 6.11. The van der Waals surface area contributed by atoms with Crippen molar-refractivity contribution in [3.8, 4) is 0 Å². The van der Waals surface area contributed by atoms with Crippen molar-refractivity contribution in [3.05, 3.63) is 70.7 Å². The van der Waals surface area contributed by atoms with Crippen molar-refractivity contribution in [1.29, 1.82) is 0 Å². The lowest BCUT2D eigenvalue weighted by molar-refractivity contribution is -0.123. The highest BCUT2D eigenvalue weighted by atomic mass is 32.1. The molecule has 2 rings (SSSR count). The lowest BCUT2D eigenvalue weighted by atomic mass is 9.96. The van der Waals surface area contributed by atoms with Gasteiger partial charge in [0.15, 0.2) is 0 Å². The second kappa shape index (κ2) is 9.49. The van der Waals surface area contributed by atoms with Gasteiger partial charge in [0, 0.05) is 18.0 Å². The maximum absolute atomic E-state index is 13.1. The van der Waals surface area contributed by atoms with Crippen LogP contribution in [-0.2, 0) is 11.3 Å². The third-order valence-corrected chi connectivity index (χ3v) is 4.79. The maximum Gasteiger partial charge on any atom is 0.234 e. The number of carbonyl (C=O) groups is 1. The van der Waals surface area contributed by atoms with Crippen LogP contribution in [0.1, 0.15) is 30.3 Å². The number of benzene rings is 1. The minimum absolute atomic E-state index is 0.0403. The molecule has 1 amide bonds. The summed E-state index contributed by atoms with van der Waals surface area (Å²) < 4.78 is 13.1. The van der Waals surface area contributed by atoms with Crippen molar-refractivity contribution in [2.75, 3.05) is 13.1 Å². The fourth-order valence-corrected chi connectivity index (χ4v) is 3.46. The fraction of sp³-hybridized carbons (Fsp3) is 0.350. The number of rotatable bonds is 9. The first-order chi connectivity index (χ1) is 12.0. The summed E-state index contributed by atoms with van der Waals surface area (Å²) in [4.78, 5) is 15.8. The summed E-state index contributed by atoms with van der Waals surface area (Å²) >= 11 is 1.68. The maximum atomic E-state index is 13.1.